The second kappa shape index (κ2) is 43.1. The van der Waals surface area contributed by atoms with Gasteiger partial charge in [0, 0.05) is 37.5 Å². The number of hydrogen-bond donors (Lipinski definition) is 1. The lowest BCUT2D eigenvalue weighted by Gasteiger charge is -2.19. The fraction of sp³-hybridized carbons (Fsp3) is 0.878. The third-order valence-electron chi connectivity index (χ3n) is 10.7. The van der Waals surface area contributed by atoms with Crippen LogP contribution in [0, 0.1) is 11.8 Å². The largest absolute Gasteiger partial charge is 0.465 e. The van der Waals surface area contributed by atoms with Crippen molar-refractivity contribution in [2.45, 2.75) is 226 Å². The normalized spacial score (nSPS) is 11.2. The van der Waals surface area contributed by atoms with Gasteiger partial charge in [-0.2, -0.15) is 0 Å². The average molecular weight is 884 g/mol. The molecule has 0 aliphatic rings. The highest BCUT2D eigenvalue weighted by atomic mass is 16.6. The minimum Gasteiger partial charge on any atom is -0.465 e. The van der Waals surface area contributed by atoms with Gasteiger partial charge in [0.1, 0.15) is 13.2 Å². The first-order chi connectivity index (χ1) is 30.0. The molecular formula is C49H89NO12. The molecule has 0 aromatic carbocycles. The minimum atomic E-state index is -0.838. The molecule has 0 aromatic rings. The topological polar surface area (TPSA) is 184 Å². The predicted molar refractivity (Wildman–Crippen MR) is 242 cm³/mol. The SMILES string of the molecule is CCCCCCCCC(=O)OCC(COC(=O)CCCCCCCC)CC(=O)OCC(N)COC(=O)CC(COC(=O)CCCCCCCC)COC(=O)CCCCCCCC. The number of ether oxygens (including phenoxy) is 6. The molecule has 0 spiro atoms. The van der Waals surface area contributed by atoms with Gasteiger partial charge in [-0.1, -0.05) is 156 Å². The van der Waals surface area contributed by atoms with E-state index in [1.165, 1.54) is 25.7 Å². The predicted octanol–water partition coefficient (Wildman–Crippen LogP) is 10.6. The van der Waals surface area contributed by atoms with Gasteiger partial charge in [-0.25, -0.2) is 0 Å². The van der Waals surface area contributed by atoms with Crippen molar-refractivity contribution in [3.8, 4) is 0 Å². The number of carbonyl (C=O) groups is 6. The summed E-state index contributed by atoms with van der Waals surface area (Å²) in [5.74, 6) is -3.89. The molecule has 13 heteroatoms. The van der Waals surface area contributed by atoms with E-state index in [2.05, 4.69) is 27.7 Å². The molecular weight excluding hydrogens is 795 g/mol. The van der Waals surface area contributed by atoms with Crippen LogP contribution in [0.25, 0.3) is 0 Å². The van der Waals surface area contributed by atoms with Crippen LogP contribution >= 0.6 is 0 Å². The van der Waals surface area contributed by atoms with Crippen molar-refractivity contribution in [2.24, 2.45) is 17.6 Å². The van der Waals surface area contributed by atoms with E-state index < -0.39 is 29.8 Å². The first kappa shape index (κ1) is 58.8. The van der Waals surface area contributed by atoms with Crippen molar-refractivity contribution in [1.29, 1.82) is 0 Å². The lowest BCUT2D eigenvalue weighted by Crippen LogP contribution is -2.35. The Morgan fingerprint density at radius 1 is 0.306 bits per heavy atom. The Bertz CT molecular complexity index is 998. The van der Waals surface area contributed by atoms with Crippen LogP contribution in [-0.2, 0) is 57.2 Å². The summed E-state index contributed by atoms with van der Waals surface area (Å²) in [4.78, 5) is 75.6. The lowest BCUT2D eigenvalue weighted by atomic mass is 10.1. The molecule has 0 rings (SSSR count). The zero-order valence-electron chi connectivity index (χ0n) is 39.7. The maximum atomic E-state index is 12.9. The molecule has 0 bridgehead atoms. The molecule has 0 amide bonds. The zero-order valence-corrected chi connectivity index (χ0v) is 39.7. The Balaban J connectivity index is 5.04. The van der Waals surface area contributed by atoms with Crippen LogP contribution in [0.15, 0.2) is 0 Å². The van der Waals surface area contributed by atoms with E-state index in [1.54, 1.807) is 0 Å². The van der Waals surface area contributed by atoms with Crippen molar-refractivity contribution >= 4 is 35.8 Å². The molecule has 0 heterocycles. The van der Waals surface area contributed by atoms with Gasteiger partial charge < -0.3 is 34.2 Å². The molecule has 0 radical (unpaired) electrons. The number of unbranched alkanes of at least 4 members (excludes halogenated alkanes) is 20. The van der Waals surface area contributed by atoms with E-state index in [0.717, 1.165) is 128 Å². The molecule has 13 nitrogen and oxygen atoms in total. The molecule has 0 fully saturated rings. The van der Waals surface area contributed by atoms with E-state index in [9.17, 15) is 28.8 Å². The van der Waals surface area contributed by atoms with Crippen LogP contribution < -0.4 is 5.73 Å². The molecule has 2 N–H and O–H groups in total. The summed E-state index contributed by atoms with van der Waals surface area (Å²) >= 11 is 0. The molecule has 0 saturated heterocycles. The van der Waals surface area contributed by atoms with Crippen LogP contribution in [0.4, 0.5) is 0 Å². The molecule has 0 aliphatic heterocycles. The zero-order chi connectivity index (χ0) is 45.9. The standard InChI is InChI=1S/C49H89NO12/c1-5-9-13-17-21-25-29-44(51)57-35-41(36-58-45(52)30-26-22-18-14-10-6-2)33-48(55)61-39-43(50)40-62-49(56)34-42(37-59-46(53)31-27-23-19-15-11-7-3)38-60-47(54)32-28-24-20-16-12-8-4/h41-43H,5-40,50H2,1-4H3. The molecule has 362 valence electrons. The summed E-state index contributed by atoms with van der Waals surface area (Å²) < 4.78 is 32.7. The van der Waals surface area contributed by atoms with Crippen molar-refractivity contribution in [2.75, 3.05) is 39.6 Å². The first-order valence-electron chi connectivity index (χ1n) is 24.7. The monoisotopic (exact) mass is 884 g/mol. The summed E-state index contributed by atoms with van der Waals surface area (Å²) in [6.07, 6.45) is 25.6. The maximum absolute atomic E-state index is 12.9. The number of carbonyl (C=O) groups excluding carboxylic acids is 6. The summed E-state index contributed by atoms with van der Waals surface area (Å²) in [6, 6.07) is -0.838. The van der Waals surface area contributed by atoms with E-state index in [0.29, 0.717) is 0 Å². The van der Waals surface area contributed by atoms with Gasteiger partial charge in [-0.15, -0.1) is 0 Å². The highest BCUT2D eigenvalue weighted by Crippen LogP contribution is 2.15. The van der Waals surface area contributed by atoms with Crippen molar-refractivity contribution in [3.05, 3.63) is 0 Å². The number of esters is 6. The lowest BCUT2D eigenvalue weighted by molar-refractivity contribution is -0.156. The number of nitrogens with two attached hydrogens (primary N) is 1. The quantitative estimate of drug-likeness (QED) is 0.0347. The Morgan fingerprint density at radius 3 is 0.758 bits per heavy atom. The highest BCUT2D eigenvalue weighted by Gasteiger charge is 2.23. The number of rotatable bonds is 44. The summed E-state index contributed by atoms with van der Waals surface area (Å²) in [6.45, 7) is 7.74. The molecule has 62 heavy (non-hydrogen) atoms. The fourth-order valence-corrected chi connectivity index (χ4v) is 6.70. The van der Waals surface area contributed by atoms with Gasteiger partial charge in [-0.05, 0) is 25.7 Å². The van der Waals surface area contributed by atoms with Crippen LogP contribution in [0.5, 0.6) is 0 Å². The van der Waals surface area contributed by atoms with Crippen LogP contribution in [0.2, 0.25) is 0 Å². The van der Waals surface area contributed by atoms with E-state index >= 15 is 0 Å². The first-order valence-corrected chi connectivity index (χ1v) is 24.7. The molecule has 0 aromatic heterocycles. The minimum absolute atomic E-state index is 0.0956. The van der Waals surface area contributed by atoms with Gasteiger partial charge in [-0.3, -0.25) is 28.8 Å². The van der Waals surface area contributed by atoms with E-state index in [1.807, 2.05) is 0 Å². The van der Waals surface area contributed by atoms with Crippen LogP contribution in [-0.4, -0.2) is 81.5 Å². The summed E-state index contributed by atoms with van der Waals surface area (Å²) in [7, 11) is 0. The Kier molecular flexibility index (Phi) is 40.8. The van der Waals surface area contributed by atoms with Gasteiger partial charge in [0.25, 0.3) is 0 Å². The van der Waals surface area contributed by atoms with Gasteiger partial charge >= 0.3 is 35.8 Å². The van der Waals surface area contributed by atoms with Crippen molar-refractivity contribution < 1.29 is 57.2 Å². The summed E-state index contributed by atoms with van der Waals surface area (Å²) in [5, 5.41) is 0. The second-order valence-electron chi connectivity index (χ2n) is 17.1. The van der Waals surface area contributed by atoms with Crippen LogP contribution in [0.3, 0.4) is 0 Å². The molecule has 0 atom stereocenters. The Morgan fingerprint density at radius 2 is 0.516 bits per heavy atom. The van der Waals surface area contributed by atoms with Crippen LogP contribution in [0.1, 0.15) is 220 Å². The maximum Gasteiger partial charge on any atom is 0.306 e. The van der Waals surface area contributed by atoms with E-state index in [-0.39, 0.29) is 102 Å². The van der Waals surface area contributed by atoms with Gasteiger partial charge in [0.05, 0.1) is 45.3 Å². The molecule has 0 saturated carbocycles. The summed E-state index contributed by atoms with van der Waals surface area (Å²) in [5.41, 5.74) is 6.13. The molecule has 0 unspecified atom stereocenters. The third-order valence-corrected chi connectivity index (χ3v) is 10.7. The average Bonchev–Trinajstić information content (AvgIpc) is 3.26. The Hall–Kier alpha value is -3.22. The van der Waals surface area contributed by atoms with Crippen molar-refractivity contribution in [3.63, 3.8) is 0 Å². The van der Waals surface area contributed by atoms with Crippen molar-refractivity contribution in [1.82, 2.24) is 0 Å². The Labute approximate surface area is 375 Å². The van der Waals surface area contributed by atoms with Gasteiger partial charge in [0.2, 0.25) is 0 Å². The molecule has 0 aliphatic carbocycles. The smallest absolute Gasteiger partial charge is 0.306 e. The third kappa shape index (κ3) is 39.6. The number of hydrogen-bond acceptors (Lipinski definition) is 13. The fourth-order valence-electron chi connectivity index (χ4n) is 6.70. The second-order valence-corrected chi connectivity index (χ2v) is 17.1. The highest BCUT2D eigenvalue weighted by molar-refractivity contribution is 5.72. The van der Waals surface area contributed by atoms with E-state index in [4.69, 9.17) is 34.2 Å². The van der Waals surface area contributed by atoms with Gasteiger partial charge in [0.15, 0.2) is 0 Å².